The molecule has 0 amide bonds. The summed E-state index contributed by atoms with van der Waals surface area (Å²) in [5.41, 5.74) is 5.28. The van der Waals surface area contributed by atoms with Crippen LogP contribution in [0.1, 0.15) is 48.3 Å². The second-order valence-electron chi connectivity index (χ2n) is 5.56. The van der Waals surface area contributed by atoms with E-state index >= 15 is 0 Å². The van der Waals surface area contributed by atoms with E-state index in [1.165, 1.54) is 27.6 Å². The highest BCUT2D eigenvalue weighted by atomic mass is 16.1. The number of carbonyl (C=O) groups excluding carboxylic acids is 1. The smallest absolute Gasteiger partial charge is 0.132 e. The number of fused-ring (bicyclic) bond motifs is 1. The zero-order chi connectivity index (χ0) is 12.7. The normalized spacial score (nSPS) is 17.6. The third kappa shape index (κ3) is 1.86. The standard InChI is InChI=1S/C16H19NO/c1-10-7-11(2)16-14(8-10)15(9-17-16)12-3-5-13(18)6-4-12/h7-9,12,17H,3-6H2,1-2H3. The van der Waals surface area contributed by atoms with E-state index in [9.17, 15) is 4.79 Å². The molecule has 0 aliphatic heterocycles. The molecule has 1 heterocycles. The van der Waals surface area contributed by atoms with Gasteiger partial charge in [0.05, 0.1) is 0 Å². The highest BCUT2D eigenvalue weighted by Crippen LogP contribution is 2.36. The van der Waals surface area contributed by atoms with E-state index in [4.69, 9.17) is 0 Å². The van der Waals surface area contributed by atoms with Crippen molar-refractivity contribution in [3.05, 3.63) is 35.0 Å². The first-order valence-electron chi connectivity index (χ1n) is 6.75. The molecule has 0 radical (unpaired) electrons. The first-order valence-corrected chi connectivity index (χ1v) is 6.75. The van der Waals surface area contributed by atoms with Crippen LogP contribution in [0.3, 0.4) is 0 Å². The van der Waals surface area contributed by atoms with Crippen LogP contribution in [0.2, 0.25) is 0 Å². The first kappa shape index (κ1) is 11.5. The van der Waals surface area contributed by atoms with Crippen LogP contribution in [-0.2, 0) is 4.79 Å². The molecular weight excluding hydrogens is 222 g/mol. The van der Waals surface area contributed by atoms with Gasteiger partial charge in [-0.15, -0.1) is 0 Å². The molecule has 1 aromatic carbocycles. The summed E-state index contributed by atoms with van der Waals surface area (Å²) in [4.78, 5) is 14.7. The van der Waals surface area contributed by atoms with Gasteiger partial charge in [-0.3, -0.25) is 4.79 Å². The van der Waals surface area contributed by atoms with Crippen LogP contribution in [0.25, 0.3) is 10.9 Å². The number of ketones is 1. The number of H-pyrrole nitrogens is 1. The number of aryl methyl sites for hydroxylation is 2. The van der Waals surface area contributed by atoms with E-state index in [2.05, 4.69) is 37.2 Å². The van der Waals surface area contributed by atoms with Crippen molar-refractivity contribution in [2.45, 2.75) is 45.4 Å². The van der Waals surface area contributed by atoms with Gasteiger partial charge in [-0.25, -0.2) is 0 Å². The van der Waals surface area contributed by atoms with Gasteiger partial charge in [-0.2, -0.15) is 0 Å². The van der Waals surface area contributed by atoms with Crippen LogP contribution in [0.4, 0.5) is 0 Å². The maximum Gasteiger partial charge on any atom is 0.132 e. The number of aromatic amines is 1. The van der Waals surface area contributed by atoms with Crippen molar-refractivity contribution in [2.75, 3.05) is 0 Å². The predicted octanol–water partition coefficient (Wildman–Crippen LogP) is 4.01. The zero-order valence-corrected chi connectivity index (χ0v) is 11.0. The minimum atomic E-state index is 0.429. The molecule has 3 rings (SSSR count). The monoisotopic (exact) mass is 241 g/mol. The topological polar surface area (TPSA) is 32.9 Å². The summed E-state index contributed by atoms with van der Waals surface area (Å²) in [7, 11) is 0. The Hall–Kier alpha value is -1.57. The zero-order valence-electron chi connectivity index (χ0n) is 11.0. The molecule has 1 saturated carbocycles. The number of carbonyl (C=O) groups is 1. The van der Waals surface area contributed by atoms with Crippen LogP contribution in [0.15, 0.2) is 18.3 Å². The molecule has 2 aromatic rings. The second kappa shape index (κ2) is 4.27. The van der Waals surface area contributed by atoms with Gasteiger partial charge in [-0.1, -0.05) is 11.6 Å². The van der Waals surface area contributed by atoms with Gasteiger partial charge in [-0.05, 0) is 49.8 Å². The van der Waals surface area contributed by atoms with Gasteiger partial charge >= 0.3 is 0 Å². The van der Waals surface area contributed by atoms with Crippen LogP contribution >= 0.6 is 0 Å². The molecule has 0 saturated heterocycles. The maximum atomic E-state index is 11.3. The third-order valence-corrected chi connectivity index (χ3v) is 4.15. The Morgan fingerprint density at radius 2 is 1.89 bits per heavy atom. The number of aromatic nitrogens is 1. The Morgan fingerprint density at radius 1 is 1.17 bits per heavy atom. The molecular formula is C16H19NO. The molecule has 0 unspecified atom stereocenters. The molecule has 2 nitrogen and oxygen atoms in total. The van der Waals surface area contributed by atoms with Gasteiger partial charge in [0.25, 0.3) is 0 Å². The average molecular weight is 241 g/mol. The largest absolute Gasteiger partial charge is 0.361 e. The van der Waals surface area contributed by atoms with E-state index in [1.54, 1.807) is 0 Å². The Balaban J connectivity index is 2.04. The number of nitrogens with one attached hydrogen (secondary N) is 1. The Bertz CT molecular complexity index is 599. The highest BCUT2D eigenvalue weighted by Gasteiger charge is 2.22. The van der Waals surface area contributed by atoms with Crippen molar-refractivity contribution in [3.63, 3.8) is 0 Å². The third-order valence-electron chi connectivity index (χ3n) is 4.15. The summed E-state index contributed by atoms with van der Waals surface area (Å²) in [5.74, 6) is 0.983. The lowest BCUT2D eigenvalue weighted by molar-refractivity contribution is -0.120. The number of rotatable bonds is 1. The molecule has 0 atom stereocenters. The Morgan fingerprint density at radius 3 is 2.61 bits per heavy atom. The molecule has 1 aromatic heterocycles. The van der Waals surface area contributed by atoms with Crippen molar-refractivity contribution in [1.82, 2.24) is 4.98 Å². The van der Waals surface area contributed by atoms with E-state index in [0.29, 0.717) is 11.7 Å². The van der Waals surface area contributed by atoms with Crippen LogP contribution in [0, 0.1) is 13.8 Å². The van der Waals surface area contributed by atoms with Crippen molar-refractivity contribution in [3.8, 4) is 0 Å². The molecule has 94 valence electrons. The fourth-order valence-electron chi connectivity index (χ4n) is 3.20. The van der Waals surface area contributed by atoms with Crippen molar-refractivity contribution in [2.24, 2.45) is 0 Å². The highest BCUT2D eigenvalue weighted by molar-refractivity contribution is 5.87. The summed E-state index contributed by atoms with van der Waals surface area (Å²) in [5, 5.41) is 1.35. The first-order chi connectivity index (χ1) is 8.65. The maximum absolute atomic E-state index is 11.3. The molecule has 0 spiro atoms. The molecule has 1 aliphatic rings. The molecule has 1 fully saturated rings. The predicted molar refractivity (Wildman–Crippen MR) is 74.0 cm³/mol. The van der Waals surface area contributed by atoms with Crippen molar-refractivity contribution < 1.29 is 4.79 Å². The molecule has 0 bridgehead atoms. The van der Waals surface area contributed by atoms with Crippen LogP contribution in [0.5, 0.6) is 0 Å². The van der Waals surface area contributed by atoms with Crippen LogP contribution in [-0.4, -0.2) is 10.8 Å². The Labute approximate surface area is 107 Å². The van der Waals surface area contributed by atoms with E-state index in [0.717, 1.165) is 25.7 Å². The quantitative estimate of drug-likeness (QED) is 0.804. The second-order valence-corrected chi connectivity index (χ2v) is 5.56. The number of benzene rings is 1. The van der Waals surface area contributed by atoms with Gasteiger partial charge in [0.15, 0.2) is 0 Å². The lowest BCUT2D eigenvalue weighted by Crippen LogP contribution is -2.12. The van der Waals surface area contributed by atoms with Gasteiger partial charge in [0.2, 0.25) is 0 Å². The van der Waals surface area contributed by atoms with Gasteiger partial charge < -0.3 is 4.98 Å². The lowest BCUT2D eigenvalue weighted by Gasteiger charge is -2.20. The average Bonchev–Trinajstić information content (AvgIpc) is 2.74. The molecule has 18 heavy (non-hydrogen) atoms. The number of hydrogen-bond donors (Lipinski definition) is 1. The summed E-state index contributed by atoms with van der Waals surface area (Å²) in [6.07, 6.45) is 5.68. The van der Waals surface area contributed by atoms with E-state index in [-0.39, 0.29) is 0 Å². The van der Waals surface area contributed by atoms with Crippen molar-refractivity contribution in [1.29, 1.82) is 0 Å². The van der Waals surface area contributed by atoms with Crippen LogP contribution < -0.4 is 0 Å². The van der Waals surface area contributed by atoms with E-state index < -0.39 is 0 Å². The minimum absolute atomic E-state index is 0.429. The van der Waals surface area contributed by atoms with Crippen molar-refractivity contribution >= 4 is 16.7 Å². The summed E-state index contributed by atoms with van der Waals surface area (Å²) in [6.45, 7) is 4.30. The number of Topliss-reactive ketones (excluding diaryl/α,β-unsaturated/α-hetero) is 1. The molecule has 2 heteroatoms. The lowest BCUT2D eigenvalue weighted by atomic mass is 9.83. The minimum Gasteiger partial charge on any atom is -0.361 e. The molecule has 1 aliphatic carbocycles. The van der Waals surface area contributed by atoms with Gasteiger partial charge in [0, 0.05) is 29.9 Å². The SMILES string of the molecule is Cc1cc(C)c2[nH]cc(C3CCC(=O)CC3)c2c1. The number of hydrogen-bond acceptors (Lipinski definition) is 1. The van der Waals surface area contributed by atoms with Gasteiger partial charge in [0.1, 0.15) is 5.78 Å². The summed E-state index contributed by atoms with van der Waals surface area (Å²) in [6, 6.07) is 4.48. The fraction of sp³-hybridized carbons (Fsp3) is 0.438. The van der Waals surface area contributed by atoms with E-state index in [1.807, 2.05) is 0 Å². The summed E-state index contributed by atoms with van der Waals surface area (Å²) < 4.78 is 0. The Kier molecular flexibility index (Phi) is 2.73. The fourth-order valence-corrected chi connectivity index (χ4v) is 3.20. The molecule has 1 N–H and O–H groups in total. The summed E-state index contributed by atoms with van der Waals surface area (Å²) >= 11 is 0.